The number of carbonyl (C=O) groups is 1. The second-order valence-corrected chi connectivity index (χ2v) is 6.38. The summed E-state index contributed by atoms with van der Waals surface area (Å²) < 4.78 is 45.1. The van der Waals surface area contributed by atoms with Crippen LogP contribution in [0.1, 0.15) is 21.6 Å². The predicted molar refractivity (Wildman–Crippen MR) is 99.3 cm³/mol. The van der Waals surface area contributed by atoms with Gasteiger partial charge in [-0.05, 0) is 42.8 Å². The van der Waals surface area contributed by atoms with E-state index in [2.05, 4.69) is 10.4 Å². The number of nitrogens with zero attached hydrogens (tertiary/aromatic N) is 2. The lowest BCUT2D eigenvalue weighted by Crippen LogP contribution is -2.14. The number of alkyl halides is 3. The third kappa shape index (κ3) is 4.12. The van der Waals surface area contributed by atoms with Crippen LogP contribution >= 0.6 is 11.6 Å². The van der Waals surface area contributed by atoms with Crippen molar-refractivity contribution >= 4 is 23.2 Å². The fourth-order valence-electron chi connectivity index (χ4n) is 2.52. The Morgan fingerprint density at radius 2 is 1.96 bits per heavy atom. The molecule has 0 fully saturated rings. The molecule has 1 aromatic heterocycles. The smallest absolute Gasteiger partial charge is 0.416 e. The normalized spacial score (nSPS) is 11.4. The molecule has 0 aliphatic heterocycles. The van der Waals surface area contributed by atoms with Gasteiger partial charge in [0, 0.05) is 0 Å². The molecule has 0 unspecified atom stereocenters. The molecule has 0 bridgehead atoms. The van der Waals surface area contributed by atoms with Crippen molar-refractivity contribution in [2.24, 2.45) is 0 Å². The maximum absolute atomic E-state index is 12.9. The molecule has 0 saturated carbocycles. The second kappa shape index (κ2) is 7.55. The van der Waals surface area contributed by atoms with Crippen LogP contribution in [-0.2, 0) is 6.18 Å². The van der Waals surface area contributed by atoms with Crippen LogP contribution in [0.25, 0.3) is 5.69 Å². The van der Waals surface area contributed by atoms with E-state index in [4.69, 9.17) is 16.3 Å². The fourth-order valence-corrected chi connectivity index (χ4v) is 2.81. The highest BCUT2D eigenvalue weighted by Crippen LogP contribution is 2.31. The van der Waals surface area contributed by atoms with Crippen LogP contribution < -0.4 is 10.1 Å². The standard InChI is InChI=1S/C19H15ClF3N3O2/c1-11-6-7-15(14(20)8-11)24-18(27)17-16(28-2)10-26(25-17)13-5-3-4-12(9-13)19(21,22)23/h3-10H,1-2H3,(H,24,27). The summed E-state index contributed by atoms with van der Waals surface area (Å²) >= 11 is 6.12. The highest BCUT2D eigenvalue weighted by Gasteiger charge is 2.30. The number of rotatable bonds is 4. The third-order valence-corrected chi connectivity index (χ3v) is 4.24. The zero-order valence-corrected chi connectivity index (χ0v) is 15.6. The highest BCUT2D eigenvalue weighted by molar-refractivity contribution is 6.34. The molecule has 0 aliphatic carbocycles. The van der Waals surface area contributed by atoms with Crippen molar-refractivity contribution in [1.82, 2.24) is 9.78 Å². The van der Waals surface area contributed by atoms with Gasteiger partial charge in [0.2, 0.25) is 0 Å². The molecule has 1 heterocycles. The van der Waals surface area contributed by atoms with Gasteiger partial charge in [0.25, 0.3) is 5.91 Å². The van der Waals surface area contributed by atoms with Gasteiger partial charge in [0.1, 0.15) is 0 Å². The van der Waals surface area contributed by atoms with Gasteiger partial charge in [-0.2, -0.15) is 18.3 Å². The van der Waals surface area contributed by atoms with Crippen molar-refractivity contribution in [3.05, 3.63) is 70.5 Å². The molecule has 1 amide bonds. The van der Waals surface area contributed by atoms with Crippen molar-refractivity contribution in [3.8, 4) is 11.4 Å². The summed E-state index contributed by atoms with van der Waals surface area (Å²) in [6.45, 7) is 1.86. The number of amides is 1. The summed E-state index contributed by atoms with van der Waals surface area (Å²) in [5.74, 6) is -0.494. The molecule has 0 radical (unpaired) electrons. The van der Waals surface area contributed by atoms with Crippen molar-refractivity contribution in [2.75, 3.05) is 12.4 Å². The minimum atomic E-state index is -4.49. The first-order chi connectivity index (χ1) is 13.2. The Bertz CT molecular complexity index is 1030. The number of anilines is 1. The monoisotopic (exact) mass is 409 g/mol. The van der Waals surface area contributed by atoms with Crippen molar-refractivity contribution in [3.63, 3.8) is 0 Å². The van der Waals surface area contributed by atoms with Gasteiger partial charge < -0.3 is 10.1 Å². The van der Waals surface area contributed by atoms with E-state index in [9.17, 15) is 18.0 Å². The molecule has 5 nitrogen and oxygen atoms in total. The number of hydrogen-bond acceptors (Lipinski definition) is 3. The Hall–Kier alpha value is -3.00. The average Bonchev–Trinajstić information content (AvgIpc) is 3.08. The zero-order valence-electron chi connectivity index (χ0n) is 14.8. The molecular formula is C19H15ClF3N3O2. The largest absolute Gasteiger partial charge is 0.493 e. The number of nitrogens with one attached hydrogen (secondary N) is 1. The second-order valence-electron chi connectivity index (χ2n) is 5.98. The van der Waals surface area contributed by atoms with Crippen molar-refractivity contribution in [1.29, 1.82) is 0 Å². The first kappa shape index (κ1) is 19.8. The van der Waals surface area contributed by atoms with Gasteiger partial charge in [-0.25, -0.2) is 4.68 Å². The van der Waals surface area contributed by atoms with Crippen LogP contribution in [0.3, 0.4) is 0 Å². The summed E-state index contributed by atoms with van der Waals surface area (Å²) in [7, 11) is 1.34. The molecule has 1 N–H and O–H groups in total. The predicted octanol–water partition coefficient (Wildman–Crippen LogP) is 5.11. The Balaban J connectivity index is 1.93. The molecule has 3 aromatic rings. The molecule has 0 aliphatic rings. The molecule has 0 spiro atoms. The van der Waals surface area contributed by atoms with Crippen LogP contribution in [0.5, 0.6) is 5.75 Å². The molecule has 0 saturated heterocycles. The summed E-state index contributed by atoms with van der Waals surface area (Å²) in [6, 6.07) is 9.71. The van der Waals surface area contributed by atoms with Crippen LogP contribution in [0.4, 0.5) is 18.9 Å². The van der Waals surface area contributed by atoms with Gasteiger partial charge >= 0.3 is 6.18 Å². The number of methoxy groups -OCH3 is 1. The summed E-state index contributed by atoms with van der Waals surface area (Å²) in [6.07, 6.45) is -3.16. The molecule has 146 valence electrons. The van der Waals surface area contributed by atoms with Crippen LogP contribution in [-0.4, -0.2) is 22.8 Å². The minimum absolute atomic E-state index is 0.0865. The quantitative estimate of drug-likeness (QED) is 0.651. The SMILES string of the molecule is COc1cn(-c2cccc(C(F)(F)F)c2)nc1C(=O)Nc1ccc(C)cc1Cl. The summed E-state index contributed by atoms with van der Waals surface area (Å²) in [5.41, 5.74) is 0.538. The van der Waals surface area contributed by atoms with Gasteiger partial charge in [0.15, 0.2) is 11.4 Å². The Morgan fingerprint density at radius 3 is 2.61 bits per heavy atom. The van der Waals surface area contributed by atoms with E-state index in [1.54, 1.807) is 18.2 Å². The van der Waals surface area contributed by atoms with Crippen LogP contribution in [0.15, 0.2) is 48.7 Å². The molecule has 2 aromatic carbocycles. The van der Waals surface area contributed by atoms with E-state index < -0.39 is 17.6 Å². The lowest BCUT2D eigenvalue weighted by Gasteiger charge is -2.08. The first-order valence-corrected chi connectivity index (χ1v) is 8.45. The molecular weight excluding hydrogens is 395 g/mol. The van der Waals surface area contributed by atoms with Crippen molar-refractivity contribution < 1.29 is 22.7 Å². The number of halogens is 4. The lowest BCUT2D eigenvalue weighted by atomic mass is 10.2. The lowest BCUT2D eigenvalue weighted by molar-refractivity contribution is -0.137. The van der Waals surface area contributed by atoms with E-state index in [1.807, 2.05) is 6.92 Å². The molecule has 9 heteroatoms. The fraction of sp³-hybridized carbons (Fsp3) is 0.158. The van der Waals surface area contributed by atoms with Crippen LogP contribution in [0.2, 0.25) is 5.02 Å². The summed E-state index contributed by atoms with van der Waals surface area (Å²) in [4.78, 5) is 12.6. The third-order valence-electron chi connectivity index (χ3n) is 3.93. The maximum Gasteiger partial charge on any atom is 0.416 e. The van der Waals surface area contributed by atoms with Gasteiger partial charge in [-0.3, -0.25) is 4.79 Å². The van der Waals surface area contributed by atoms with E-state index >= 15 is 0 Å². The Labute approximate surface area is 163 Å². The van der Waals surface area contributed by atoms with Crippen molar-refractivity contribution in [2.45, 2.75) is 13.1 Å². The molecule has 0 atom stereocenters. The molecule has 28 heavy (non-hydrogen) atoms. The van der Waals surface area contributed by atoms with Crippen LogP contribution in [0, 0.1) is 6.92 Å². The van der Waals surface area contributed by atoms with Gasteiger partial charge in [-0.15, -0.1) is 0 Å². The number of ether oxygens (including phenoxy) is 1. The van der Waals surface area contributed by atoms with Gasteiger partial charge in [-0.1, -0.05) is 23.7 Å². The van der Waals surface area contributed by atoms with E-state index in [0.717, 1.165) is 22.4 Å². The number of carbonyl (C=O) groups excluding carboxylic acids is 1. The number of aromatic nitrogens is 2. The topological polar surface area (TPSA) is 56.2 Å². The summed E-state index contributed by atoms with van der Waals surface area (Å²) in [5, 5.41) is 7.06. The number of aryl methyl sites for hydroxylation is 1. The maximum atomic E-state index is 12.9. The zero-order chi connectivity index (χ0) is 20.5. The van der Waals surface area contributed by atoms with E-state index in [0.29, 0.717) is 10.7 Å². The minimum Gasteiger partial charge on any atom is -0.493 e. The average molecular weight is 410 g/mol. The van der Waals surface area contributed by atoms with E-state index in [-0.39, 0.29) is 17.1 Å². The Morgan fingerprint density at radius 1 is 1.21 bits per heavy atom. The number of hydrogen-bond donors (Lipinski definition) is 1. The first-order valence-electron chi connectivity index (χ1n) is 8.08. The molecule has 3 rings (SSSR count). The van der Waals surface area contributed by atoms with E-state index in [1.165, 1.54) is 25.4 Å². The van der Waals surface area contributed by atoms with Gasteiger partial charge in [0.05, 0.1) is 35.3 Å². The Kier molecular flexibility index (Phi) is 5.33. The number of benzene rings is 2. The highest BCUT2D eigenvalue weighted by atomic mass is 35.5.